The first kappa shape index (κ1) is 14.3. The van der Waals surface area contributed by atoms with Crippen molar-refractivity contribution in [1.82, 2.24) is 15.1 Å². The van der Waals surface area contributed by atoms with Crippen molar-refractivity contribution in [2.45, 2.75) is 19.9 Å². The summed E-state index contributed by atoms with van der Waals surface area (Å²) in [5, 5.41) is 7.61. The van der Waals surface area contributed by atoms with Gasteiger partial charge < -0.3 is 15.1 Å². The summed E-state index contributed by atoms with van der Waals surface area (Å²) in [6, 6.07) is 3.27. The predicted octanol–water partition coefficient (Wildman–Crippen LogP) is 0.259. The van der Waals surface area contributed by atoms with Gasteiger partial charge in [-0.25, -0.2) is 5.84 Å². The Bertz CT molecular complexity index is 380. The fraction of sp³-hybridized carbons (Fsp3) is 0.545. The van der Waals surface area contributed by atoms with Crippen molar-refractivity contribution < 1.29 is 9.53 Å². The molecule has 7 nitrogen and oxygen atoms in total. The monoisotopic (exact) mass is 253 g/mol. The maximum Gasteiger partial charge on any atom is 0.274 e. The number of hydrogen-bond acceptors (Lipinski definition) is 6. The minimum absolute atomic E-state index is 0.0711. The van der Waals surface area contributed by atoms with Crippen LogP contribution in [0.4, 0.5) is 5.82 Å². The van der Waals surface area contributed by atoms with Gasteiger partial charge in [0.05, 0.1) is 6.61 Å². The van der Waals surface area contributed by atoms with Crippen LogP contribution in [0.5, 0.6) is 0 Å². The molecule has 0 saturated heterocycles. The number of amides is 1. The third kappa shape index (κ3) is 3.64. The van der Waals surface area contributed by atoms with Crippen LogP contribution in [-0.4, -0.2) is 47.3 Å². The van der Waals surface area contributed by atoms with Crippen LogP contribution in [-0.2, 0) is 4.74 Å². The summed E-state index contributed by atoms with van der Waals surface area (Å²) in [4.78, 5) is 13.9. The Morgan fingerprint density at radius 2 is 2.22 bits per heavy atom. The number of hydrogen-bond donors (Lipinski definition) is 2. The maximum absolute atomic E-state index is 12.2. The standard InChI is InChI=1S/C11H19N5O2/c1-8(2)16(6-7-18-3)11(17)9-4-5-10(13-12)15-14-9/h4-5,8H,6-7,12H2,1-3H3,(H,13,15). The van der Waals surface area contributed by atoms with E-state index in [0.717, 1.165) is 0 Å². The zero-order chi connectivity index (χ0) is 13.5. The average Bonchev–Trinajstić information content (AvgIpc) is 2.38. The molecular formula is C11H19N5O2. The molecule has 0 saturated carbocycles. The molecule has 18 heavy (non-hydrogen) atoms. The molecule has 0 spiro atoms. The van der Waals surface area contributed by atoms with Crippen molar-refractivity contribution >= 4 is 11.7 Å². The quantitative estimate of drug-likeness (QED) is 0.558. The Morgan fingerprint density at radius 1 is 1.50 bits per heavy atom. The minimum atomic E-state index is -0.168. The molecule has 0 fully saturated rings. The SMILES string of the molecule is COCCN(C(=O)c1ccc(NN)nn1)C(C)C. The molecule has 1 heterocycles. The molecular weight excluding hydrogens is 234 g/mol. The van der Waals surface area contributed by atoms with Crippen molar-refractivity contribution in [2.75, 3.05) is 25.7 Å². The van der Waals surface area contributed by atoms with E-state index in [4.69, 9.17) is 10.6 Å². The zero-order valence-electron chi connectivity index (χ0n) is 10.9. The summed E-state index contributed by atoms with van der Waals surface area (Å²) in [5.74, 6) is 5.43. The molecule has 0 aliphatic carbocycles. The Balaban J connectivity index is 2.80. The van der Waals surface area contributed by atoms with Gasteiger partial charge in [0, 0.05) is 19.7 Å². The van der Waals surface area contributed by atoms with Gasteiger partial charge in [-0.1, -0.05) is 0 Å². The number of hydrazine groups is 1. The highest BCUT2D eigenvalue weighted by Crippen LogP contribution is 2.07. The second-order valence-corrected chi connectivity index (χ2v) is 4.03. The lowest BCUT2D eigenvalue weighted by Crippen LogP contribution is -2.39. The van der Waals surface area contributed by atoms with E-state index in [0.29, 0.717) is 24.7 Å². The van der Waals surface area contributed by atoms with Gasteiger partial charge in [-0.05, 0) is 26.0 Å². The largest absolute Gasteiger partial charge is 0.383 e. The van der Waals surface area contributed by atoms with E-state index in [-0.39, 0.29) is 11.9 Å². The van der Waals surface area contributed by atoms with Crippen molar-refractivity contribution in [1.29, 1.82) is 0 Å². The number of nitrogens with one attached hydrogen (secondary N) is 1. The van der Waals surface area contributed by atoms with Crippen molar-refractivity contribution in [2.24, 2.45) is 5.84 Å². The van der Waals surface area contributed by atoms with Crippen LogP contribution in [0.25, 0.3) is 0 Å². The number of carbonyl (C=O) groups is 1. The number of anilines is 1. The summed E-state index contributed by atoms with van der Waals surface area (Å²) in [5.41, 5.74) is 2.65. The van der Waals surface area contributed by atoms with Crippen LogP contribution in [0.3, 0.4) is 0 Å². The van der Waals surface area contributed by atoms with E-state index in [9.17, 15) is 4.79 Å². The van der Waals surface area contributed by atoms with Crippen molar-refractivity contribution in [3.8, 4) is 0 Å². The molecule has 0 aliphatic rings. The molecule has 0 bridgehead atoms. The first-order chi connectivity index (χ1) is 8.60. The maximum atomic E-state index is 12.2. The Kier molecular flexibility index (Phi) is 5.47. The number of aromatic nitrogens is 2. The fourth-order valence-electron chi connectivity index (χ4n) is 1.45. The summed E-state index contributed by atoms with van der Waals surface area (Å²) in [7, 11) is 1.60. The molecule has 0 unspecified atom stereocenters. The number of ether oxygens (including phenoxy) is 1. The van der Waals surface area contributed by atoms with Crippen molar-refractivity contribution in [3.63, 3.8) is 0 Å². The van der Waals surface area contributed by atoms with Crippen molar-refractivity contribution in [3.05, 3.63) is 17.8 Å². The first-order valence-corrected chi connectivity index (χ1v) is 5.70. The molecule has 1 aromatic heterocycles. The van der Waals surface area contributed by atoms with E-state index in [2.05, 4.69) is 15.6 Å². The normalized spacial score (nSPS) is 10.5. The number of methoxy groups -OCH3 is 1. The third-order valence-electron chi connectivity index (χ3n) is 2.45. The predicted molar refractivity (Wildman–Crippen MR) is 67.9 cm³/mol. The Labute approximate surface area is 106 Å². The molecule has 7 heteroatoms. The van der Waals surface area contributed by atoms with Gasteiger partial charge in [-0.3, -0.25) is 4.79 Å². The van der Waals surface area contributed by atoms with Gasteiger partial charge in [-0.15, -0.1) is 10.2 Å². The van der Waals surface area contributed by atoms with Gasteiger partial charge in [0.2, 0.25) is 0 Å². The molecule has 0 aliphatic heterocycles. The highest BCUT2D eigenvalue weighted by molar-refractivity contribution is 5.92. The summed E-state index contributed by atoms with van der Waals surface area (Å²) >= 11 is 0. The molecule has 3 N–H and O–H groups in total. The lowest BCUT2D eigenvalue weighted by atomic mass is 10.2. The zero-order valence-corrected chi connectivity index (χ0v) is 10.9. The molecule has 1 aromatic rings. The first-order valence-electron chi connectivity index (χ1n) is 5.70. The molecule has 1 amide bonds. The molecule has 1 rings (SSSR count). The number of nitrogens with two attached hydrogens (primary N) is 1. The Hall–Kier alpha value is -1.73. The second-order valence-electron chi connectivity index (χ2n) is 4.03. The highest BCUT2D eigenvalue weighted by atomic mass is 16.5. The number of nitrogen functional groups attached to an aromatic ring is 1. The molecule has 0 radical (unpaired) electrons. The lowest BCUT2D eigenvalue weighted by Gasteiger charge is -2.25. The Morgan fingerprint density at radius 3 is 2.67 bits per heavy atom. The van der Waals surface area contributed by atoms with E-state index in [1.807, 2.05) is 13.8 Å². The van der Waals surface area contributed by atoms with Gasteiger partial charge in [0.25, 0.3) is 5.91 Å². The van der Waals surface area contributed by atoms with Crippen LogP contribution in [0.1, 0.15) is 24.3 Å². The van der Waals surface area contributed by atoms with Crippen LogP contribution in [0, 0.1) is 0 Å². The van der Waals surface area contributed by atoms with Crippen LogP contribution in [0.2, 0.25) is 0 Å². The van der Waals surface area contributed by atoms with E-state index in [1.54, 1.807) is 24.1 Å². The smallest absolute Gasteiger partial charge is 0.274 e. The van der Waals surface area contributed by atoms with Gasteiger partial charge in [0.15, 0.2) is 11.5 Å². The summed E-state index contributed by atoms with van der Waals surface area (Å²) in [6.07, 6.45) is 0. The second kappa shape index (κ2) is 6.87. The minimum Gasteiger partial charge on any atom is -0.383 e. The number of nitrogens with zero attached hydrogens (tertiary/aromatic N) is 3. The van der Waals surface area contributed by atoms with Crippen LogP contribution < -0.4 is 11.3 Å². The van der Waals surface area contributed by atoms with E-state index >= 15 is 0 Å². The van der Waals surface area contributed by atoms with Gasteiger partial charge >= 0.3 is 0 Å². The van der Waals surface area contributed by atoms with E-state index in [1.165, 1.54) is 0 Å². The third-order valence-corrected chi connectivity index (χ3v) is 2.45. The fourth-order valence-corrected chi connectivity index (χ4v) is 1.45. The molecule has 0 aromatic carbocycles. The topological polar surface area (TPSA) is 93.4 Å². The lowest BCUT2D eigenvalue weighted by molar-refractivity contribution is 0.0628. The molecule has 100 valence electrons. The number of carbonyl (C=O) groups excluding carboxylic acids is 1. The number of rotatable bonds is 6. The summed E-state index contributed by atoms with van der Waals surface area (Å²) < 4.78 is 4.99. The van der Waals surface area contributed by atoms with E-state index < -0.39 is 0 Å². The highest BCUT2D eigenvalue weighted by Gasteiger charge is 2.19. The van der Waals surface area contributed by atoms with Gasteiger partial charge in [0.1, 0.15) is 0 Å². The van der Waals surface area contributed by atoms with Gasteiger partial charge in [-0.2, -0.15) is 0 Å². The van der Waals surface area contributed by atoms with Crippen LogP contribution in [0.15, 0.2) is 12.1 Å². The summed E-state index contributed by atoms with van der Waals surface area (Å²) in [6.45, 7) is 4.89. The van der Waals surface area contributed by atoms with Crippen LogP contribution >= 0.6 is 0 Å². The average molecular weight is 253 g/mol. The molecule has 0 atom stereocenters.